The lowest BCUT2D eigenvalue weighted by Crippen LogP contribution is -2.43. The van der Waals surface area contributed by atoms with Crippen molar-refractivity contribution < 1.29 is 5.11 Å². The lowest BCUT2D eigenvalue weighted by Gasteiger charge is -2.38. The molecule has 0 aromatic rings. The van der Waals surface area contributed by atoms with E-state index in [0.717, 1.165) is 25.0 Å². The first-order chi connectivity index (χ1) is 5.74. The van der Waals surface area contributed by atoms with Crippen LogP contribution in [0.15, 0.2) is 0 Å². The van der Waals surface area contributed by atoms with Gasteiger partial charge in [0.15, 0.2) is 0 Å². The Hall–Kier alpha value is -0.0800. The van der Waals surface area contributed by atoms with Crippen LogP contribution in [0.1, 0.15) is 33.1 Å². The molecule has 1 aliphatic carbocycles. The van der Waals surface area contributed by atoms with Crippen molar-refractivity contribution in [2.45, 2.75) is 39.2 Å². The molecule has 12 heavy (non-hydrogen) atoms. The Labute approximate surface area is 75.6 Å². The van der Waals surface area contributed by atoms with Crippen LogP contribution >= 0.6 is 0 Å². The molecular weight excluding hydrogens is 150 g/mol. The molecule has 1 fully saturated rings. The van der Waals surface area contributed by atoms with Crippen LogP contribution in [0.25, 0.3) is 0 Å². The van der Waals surface area contributed by atoms with Gasteiger partial charge in [-0.15, -0.1) is 0 Å². The van der Waals surface area contributed by atoms with E-state index in [4.69, 9.17) is 5.11 Å². The molecule has 0 spiro atoms. The van der Waals surface area contributed by atoms with E-state index in [1.807, 2.05) is 0 Å². The van der Waals surface area contributed by atoms with E-state index < -0.39 is 0 Å². The van der Waals surface area contributed by atoms with E-state index in [-0.39, 0.29) is 0 Å². The molecule has 0 heterocycles. The van der Waals surface area contributed by atoms with Crippen molar-refractivity contribution >= 4 is 0 Å². The number of hydrogen-bond donors (Lipinski definition) is 1. The van der Waals surface area contributed by atoms with E-state index in [0.29, 0.717) is 6.61 Å². The molecule has 0 unspecified atom stereocenters. The van der Waals surface area contributed by atoms with Gasteiger partial charge in [-0.25, -0.2) is 0 Å². The van der Waals surface area contributed by atoms with Gasteiger partial charge in [-0.3, -0.25) is 4.90 Å². The predicted molar refractivity (Wildman–Crippen MR) is 51.1 cm³/mol. The molecule has 0 aromatic heterocycles. The number of rotatable bonds is 5. The van der Waals surface area contributed by atoms with E-state index in [2.05, 4.69) is 18.7 Å². The van der Waals surface area contributed by atoms with Crippen molar-refractivity contribution in [3.8, 4) is 0 Å². The largest absolute Gasteiger partial charge is 0.395 e. The van der Waals surface area contributed by atoms with Crippen LogP contribution in [0.2, 0.25) is 0 Å². The highest BCUT2D eigenvalue weighted by molar-refractivity contribution is 4.80. The van der Waals surface area contributed by atoms with E-state index in [1.54, 1.807) is 0 Å². The van der Waals surface area contributed by atoms with Gasteiger partial charge in [0.1, 0.15) is 0 Å². The van der Waals surface area contributed by atoms with Crippen molar-refractivity contribution in [3.63, 3.8) is 0 Å². The highest BCUT2D eigenvalue weighted by Crippen LogP contribution is 2.24. The van der Waals surface area contributed by atoms with Crippen LogP contribution in [-0.4, -0.2) is 35.7 Å². The molecule has 0 saturated heterocycles. The Kier molecular flexibility index (Phi) is 4.02. The molecule has 1 saturated carbocycles. The first-order valence-electron chi connectivity index (χ1n) is 5.09. The second-order valence-electron chi connectivity index (χ2n) is 4.20. The molecule has 72 valence electrons. The summed E-state index contributed by atoms with van der Waals surface area (Å²) in [5, 5.41) is 8.88. The third-order valence-electron chi connectivity index (χ3n) is 2.58. The van der Waals surface area contributed by atoms with E-state index in [9.17, 15) is 0 Å². The molecule has 0 aromatic carbocycles. The Balaban J connectivity index is 2.26. The fourth-order valence-electron chi connectivity index (χ4n) is 1.77. The summed E-state index contributed by atoms with van der Waals surface area (Å²) in [5.41, 5.74) is 0. The Morgan fingerprint density at radius 1 is 1.42 bits per heavy atom. The van der Waals surface area contributed by atoms with Gasteiger partial charge in [0, 0.05) is 19.1 Å². The molecular formula is C10H21NO. The Morgan fingerprint density at radius 2 is 2.08 bits per heavy atom. The van der Waals surface area contributed by atoms with Crippen LogP contribution < -0.4 is 0 Å². The van der Waals surface area contributed by atoms with Gasteiger partial charge in [0.05, 0.1) is 6.61 Å². The third kappa shape index (κ3) is 2.76. The standard InChI is InChI=1S/C10H21NO/c1-9(2)8-11(6-7-12)10-4-3-5-10/h9-10,12H,3-8H2,1-2H3. The zero-order valence-corrected chi connectivity index (χ0v) is 8.29. The molecule has 1 N–H and O–H groups in total. The zero-order chi connectivity index (χ0) is 8.97. The maximum Gasteiger partial charge on any atom is 0.0558 e. The number of nitrogens with zero attached hydrogens (tertiary/aromatic N) is 1. The van der Waals surface area contributed by atoms with Gasteiger partial charge in [-0.2, -0.15) is 0 Å². The number of aliphatic hydroxyl groups excluding tert-OH is 1. The molecule has 1 aliphatic rings. The molecule has 0 atom stereocenters. The summed E-state index contributed by atoms with van der Waals surface area (Å²) in [6.07, 6.45) is 4.06. The molecule has 2 heteroatoms. The van der Waals surface area contributed by atoms with E-state index >= 15 is 0 Å². The summed E-state index contributed by atoms with van der Waals surface area (Å²) in [7, 11) is 0. The van der Waals surface area contributed by atoms with Crippen molar-refractivity contribution in [2.75, 3.05) is 19.7 Å². The summed E-state index contributed by atoms with van der Waals surface area (Å²) in [6, 6.07) is 0.777. The predicted octanol–water partition coefficient (Wildman–Crippen LogP) is 1.49. The topological polar surface area (TPSA) is 23.5 Å². The molecule has 0 aliphatic heterocycles. The maximum absolute atomic E-state index is 8.88. The monoisotopic (exact) mass is 171 g/mol. The van der Waals surface area contributed by atoms with Crippen LogP contribution in [-0.2, 0) is 0 Å². The van der Waals surface area contributed by atoms with Gasteiger partial charge >= 0.3 is 0 Å². The normalized spacial score (nSPS) is 18.8. The average molecular weight is 171 g/mol. The highest BCUT2D eigenvalue weighted by atomic mass is 16.3. The van der Waals surface area contributed by atoms with Gasteiger partial charge in [-0.1, -0.05) is 20.3 Å². The SMILES string of the molecule is CC(C)CN(CCO)C1CCC1. The van der Waals surface area contributed by atoms with E-state index in [1.165, 1.54) is 19.3 Å². The Bertz CT molecular complexity index is 121. The van der Waals surface area contributed by atoms with Crippen LogP contribution in [0.4, 0.5) is 0 Å². The first kappa shape index (κ1) is 10.0. The van der Waals surface area contributed by atoms with Crippen molar-refractivity contribution in [3.05, 3.63) is 0 Å². The number of aliphatic hydroxyl groups is 1. The quantitative estimate of drug-likeness (QED) is 0.677. The fraction of sp³-hybridized carbons (Fsp3) is 1.00. The minimum Gasteiger partial charge on any atom is -0.395 e. The van der Waals surface area contributed by atoms with Gasteiger partial charge < -0.3 is 5.11 Å². The minimum atomic E-state index is 0.309. The van der Waals surface area contributed by atoms with Crippen LogP contribution in [0.5, 0.6) is 0 Å². The highest BCUT2D eigenvalue weighted by Gasteiger charge is 2.24. The lowest BCUT2D eigenvalue weighted by atomic mass is 9.91. The third-order valence-corrected chi connectivity index (χ3v) is 2.58. The summed E-state index contributed by atoms with van der Waals surface area (Å²) in [4.78, 5) is 2.44. The van der Waals surface area contributed by atoms with Gasteiger partial charge in [-0.05, 0) is 18.8 Å². The summed E-state index contributed by atoms with van der Waals surface area (Å²) < 4.78 is 0. The maximum atomic E-state index is 8.88. The Morgan fingerprint density at radius 3 is 2.42 bits per heavy atom. The fourth-order valence-corrected chi connectivity index (χ4v) is 1.77. The van der Waals surface area contributed by atoms with Crippen molar-refractivity contribution in [2.24, 2.45) is 5.92 Å². The molecule has 1 rings (SSSR count). The van der Waals surface area contributed by atoms with Crippen LogP contribution in [0, 0.1) is 5.92 Å². The first-order valence-corrected chi connectivity index (χ1v) is 5.09. The smallest absolute Gasteiger partial charge is 0.0558 e. The second-order valence-corrected chi connectivity index (χ2v) is 4.20. The summed E-state index contributed by atoms with van der Waals surface area (Å²) in [5.74, 6) is 0.720. The van der Waals surface area contributed by atoms with Crippen LogP contribution in [0.3, 0.4) is 0 Å². The van der Waals surface area contributed by atoms with Crippen molar-refractivity contribution in [1.82, 2.24) is 4.90 Å². The van der Waals surface area contributed by atoms with Gasteiger partial charge in [0.25, 0.3) is 0 Å². The number of hydrogen-bond acceptors (Lipinski definition) is 2. The molecule has 2 nitrogen and oxygen atoms in total. The summed E-state index contributed by atoms with van der Waals surface area (Å²) in [6.45, 7) is 6.80. The molecule has 0 radical (unpaired) electrons. The summed E-state index contributed by atoms with van der Waals surface area (Å²) >= 11 is 0. The van der Waals surface area contributed by atoms with Gasteiger partial charge in [0.2, 0.25) is 0 Å². The lowest BCUT2D eigenvalue weighted by molar-refractivity contribution is 0.0900. The molecule has 0 bridgehead atoms. The zero-order valence-electron chi connectivity index (χ0n) is 8.29. The average Bonchev–Trinajstić information content (AvgIpc) is 1.81. The van der Waals surface area contributed by atoms with Crippen molar-refractivity contribution in [1.29, 1.82) is 0 Å². The molecule has 0 amide bonds. The minimum absolute atomic E-state index is 0.309. The second kappa shape index (κ2) is 4.83.